The summed E-state index contributed by atoms with van der Waals surface area (Å²) in [5.41, 5.74) is 6.43. The van der Waals surface area contributed by atoms with Crippen LogP contribution in [0.1, 0.15) is 56.5 Å². The fourth-order valence-corrected chi connectivity index (χ4v) is 6.23. The molecule has 2 aromatic carbocycles. The number of amides is 4. The zero-order valence-electron chi connectivity index (χ0n) is 30.7. The van der Waals surface area contributed by atoms with Crippen molar-refractivity contribution in [2.24, 2.45) is 11.7 Å². The average molecular weight is 739 g/mol. The number of rotatable bonds is 17. The van der Waals surface area contributed by atoms with Crippen molar-refractivity contribution in [3.05, 3.63) is 69.8 Å². The Morgan fingerprint density at radius 3 is 2.34 bits per heavy atom. The largest absolute Gasteiger partial charge is 0.477 e. The zero-order chi connectivity index (χ0) is 38.7. The molecule has 288 valence electrons. The van der Waals surface area contributed by atoms with Gasteiger partial charge in [-0.25, -0.2) is 18.8 Å². The van der Waals surface area contributed by atoms with Gasteiger partial charge < -0.3 is 51.2 Å². The monoisotopic (exact) mass is 738 g/mol. The van der Waals surface area contributed by atoms with E-state index in [2.05, 4.69) is 35.1 Å². The number of carboxylic acid groups (broad SMARTS) is 1. The lowest BCUT2D eigenvalue weighted by Gasteiger charge is -2.35. The second kappa shape index (κ2) is 18.9. The van der Waals surface area contributed by atoms with Crippen molar-refractivity contribution in [1.82, 2.24) is 25.4 Å². The van der Waals surface area contributed by atoms with Gasteiger partial charge in [0.15, 0.2) is 0 Å². The molecule has 1 saturated heterocycles. The van der Waals surface area contributed by atoms with Gasteiger partial charge in [0.1, 0.15) is 18.0 Å². The van der Waals surface area contributed by atoms with Gasteiger partial charge in [0, 0.05) is 88.6 Å². The number of hydrogen-bond acceptors (Lipinski definition) is 9. The van der Waals surface area contributed by atoms with E-state index in [4.69, 9.17) is 10.5 Å². The van der Waals surface area contributed by atoms with E-state index in [0.29, 0.717) is 64.3 Å². The van der Waals surface area contributed by atoms with Crippen molar-refractivity contribution < 1.29 is 33.4 Å². The molecule has 7 N–H and O–H groups in total. The van der Waals surface area contributed by atoms with E-state index in [1.54, 1.807) is 20.4 Å². The molecule has 4 amide bonds. The molecule has 0 bridgehead atoms. The van der Waals surface area contributed by atoms with Crippen LogP contribution in [0.3, 0.4) is 0 Å². The fourth-order valence-electron chi connectivity index (χ4n) is 6.23. The van der Waals surface area contributed by atoms with E-state index < -0.39 is 34.9 Å². The van der Waals surface area contributed by atoms with Crippen LogP contribution in [0, 0.1) is 11.7 Å². The standard InChI is InChI=1S/C37H51FN8O7/c1-5-44-21-29(35(49)50)34(48)28-17-30(38)33(18-32(28)44)45-13-15-46(16-14-45)37(52)53-22-25-8-10-26(11-9-25)41-19-27(7-6-12-40-36(39)51)42-20-31(23(2)3)43-24(4)47/h8-11,17-18,21,23,27,31,41-42H,5-7,12-16,19-20,22H2,1-4H3,(H,43,47)(H,49,50)(H3,39,40,51)/t27-,31+/m1/s1. The molecular formula is C37H51FN8O7. The minimum Gasteiger partial charge on any atom is -0.477 e. The number of nitrogens with zero attached hydrogens (tertiary/aromatic N) is 3. The average Bonchev–Trinajstić information content (AvgIpc) is 3.12. The van der Waals surface area contributed by atoms with Crippen molar-refractivity contribution in [2.45, 2.75) is 65.8 Å². The van der Waals surface area contributed by atoms with Gasteiger partial charge in [-0.3, -0.25) is 9.59 Å². The Labute approximate surface area is 308 Å². The van der Waals surface area contributed by atoms with Gasteiger partial charge in [-0.05, 0) is 55.5 Å². The van der Waals surface area contributed by atoms with Gasteiger partial charge in [0.05, 0.1) is 11.2 Å². The molecule has 15 nitrogen and oxygen atoms in total. The van der Waals surface area contributed by atoms with Gasteiger partial charge >= 0.3 is 18.1 Å². The Morgan fingerprint density at radius 2 is 1.74 bits per heavy atom. The van der Waals surface area contributed by atoms with Crippen LogP contribution in [0.15, 0.2) is 47.4 Å². The highest BCUT2D eigenvalue weighted by Crippen LogP contribution is 2.26. The van der Waals surface area contributed by atoms with Crippen LogP contribution in [-0.4, -0.2) is 96.5 Å². The number of carbonyl (C=O) groups is 4. The van der Waals surface area contributed by atoms with Crippen molar-refractivity contribution in [1.29, 1.82) is 0 Å². The maximum absolute atomic E-state index is 15.3. The van der Waals surface area contributed by atoms with Gasteiger partial charge in [0.25, 0.3) is 0 Å². The molecular weight excluding hydrogens is 687 g/mol. The Kier molecular flexibility index (Phi) is 14.4. The number of primary amides is 1. The number of urea groups is 1. The zero-order valence-corrected chi connectivity index (χ0v) is 30.7. The maximum Gasteiger partial charge on any atom is 0.410 e. The number of aromatic nitrogens is 1. The van der Waals surface area contributed by atoms with Crippen molar-refractivity contribution >= 4 is 46.3 Å². The summed E-state index contributed by atoms with van der Waals surface area (Å²) >= 11 is 0. The van der Waals surface area contributed by atoms with Gasteiger partial charge in [-0.2, -0.15) is 0 Å². The van der Waals surface area contributed by atoms with Gasteiger partial charge in [0.2, 0.25) is 11.3 Å². The lowest BCUT2D eigenvalue weighted by Crippen LogP contribution is -2.49. The van der Waals surface area contributed by atoms with Crippen LogP contribution >= 0.6 is 0 Å². The molecule has 0 radical (unpaired) electrons. The maximum atomic E-state index is 15.3. The number of aromatic carboxylic acids is 1. The third-order valence-corrected chi connectivity index (χ3v) is 9.32. The van der Waals surface area contributed by atoms with Crippen LogP contribution in [0.2, 0.25) is 0 Å². The smallest absolute Gasteiger partial charge is 0.410 e. The molecule has 4 rings (SSSR count). The highest BCUT2D eigenvalue weighted by atomic mass is 19.1. The number of ether oxygens (including phenoxy) is 1. The molecule has 1 fully saturated rings. The summed E-state index contributed by atoms with van der Waals surface area (Å²) in [7, 11) is 0. The number of nitrogens with one attached hydrogen (secondary N) is 4. The third kappa shape index (κ3) is 11.3. The van der Waals surface area contributed by atoms with Gasteiger partial charge in [-0.15, -0.1) is 0 Å². The second-order valence-corrected chi connectivity index (χ2v) is 13.5. The molecule has 0 saturated carbocycles. The molecule has 0 spiro atoms. The first-order valence-corrected chi connectivity index (χ1v) is 17.9. The second-order valence-electron chi connectivity index (χ2n) is 13.5. The molecule has 16 heteroatoms. The lowest BCUT2D eigenvalue weighted by molar-refractivity contribution is -0.119. The van der Waals surface area contributed by atoms with Crippen LogP contribution < -0.4 is 37.3 Å². The molecule has 0 unspecified atom stereocenters. The summed E-state index contributed by atoms with van der Waals surface area (Å²) in [4.78, 5) is 63.3. The highest BCUT2D eigenvalue weighted by molar-refractivity contribution is 5.93. The number of aryl methyl sites for hydroxylation is 1. The minimum atomic E-state index is -1.37. The van der Waals surface area contributed by atoms with Crippen molar-refractivity contribution in [3.8, 4) is 0 Å². The Morgan fingerprint density at radius 1 is 1.04 bits per heavy atom. The highest BCUT2D eigenvalue weighted by Gasteiger charge is 2.26. The van der Waals surface area contributed by atoms with Crippen LogP contribution in [-0.2, 0) is 22.7 Å². The van der Waals surface area contributed by atoms with Crippen molar-refractivity contribution in [3.63, 3.8) is 0 Å². The van der Waals surface area contributed by atoms with E-state index in [9.17, 15) is 29.1 Å². The first kappa shape index (κ1) is 40.4. The topological polar surface area (TPSA) is 200 Å². The number of fused-ring (bicyclic) bond motifs is 1. The first-order chi connectivity index (χ1) is 25.3. The molecule has 1 aliphatic heterocycles. The molecule has 3 aromatic rings. The summed E-state index contributed by atoms with van der Waals surface area (Å²) < 4.78 is 22.5. The number of pyridine rings is 1. The number of piperazine rings is 1. The predicted octanol–water partition coefficient (Wildman–Crippen LogP) is 3.30. The Hall–Kier alpha value is -5.38. The summed E-state index contributed by atoms with van der Waals surface area (Å²) in [6.45, 7) is 10.8. The van der Waals surface area contributed by atoms with E-state index >= 15 is 4.39 Å². The Balaban J connectivity index is 1.28. The number of halogens is 1. The first-order valence-electron chi connectivity index (χ1n) is 17.9. The SMILES string of the molecule is CCn1cc(C(=O)O)c(=O)c2cc(F)c(N3CCN(C(=O)OCc4ccc(NC[C@@H](CCCNC(N)=O)NC[C@H](NC(C)=O)C(C)C)cc4)CC3)cc21. The van der Waals surface area contributed by atoms with Crippen molar-refractivity contribution in [2.75, 3.05) is 56.0 Å². The molecule has 1 aromatic heterocycles. The quantitative estimate of drug-likeness (QED) is 0.112. The van der Waals surface area contributed by atoms with E-state index in [1.165, 1.54) is 13.1 Å². The summed E-state index contributed by atoms with van der Waals surface area (Å²) in [5.74, 6) is -1.85. The molecule has 2 atom stereocenters. The third-order valence-electron chi connectivity index (χ3n) is 9.32. The van der Waals surface area contributed by atoms with E-state index in [-0.39, 0.29) is 41.6 Å². The van der Waals surface area contributed by atoms with Crippen LogP contribution in [0.5, 0.6) is 0 Å². The fraction of sp³-hybridized carbons (Fsp3) is 0.486. The lowest BCUT2D eigenvalue weighted by atomic mass is 10.0. The van der Waals surface area contributed by atoms with E-state index in [1.807, 2.05) is 31.2 Å². The van der Waals surface area contributed by atoms with Crippen LogP contribution in [0.4, 0.5) is 25.4 Å². The van der Waals surface area contributed by atoms with Gasteiger partial charge in [-0.1, -0.05) is 26.0 Å². The number of anilines is 2. The molecule has 1 aliphatic rings. The number of carboxylic acids is 1. The molecule has 0 aliphatic carbocycles. The number of nitrogens with two attached hydrogens (primary N) is 1. The summed E-state index contributed by atoms with van der Waals surface area (Å²) in [6.07, 6.45) is 2.27. The summed E-state index contributed by atoms with van der Waals surface area (Å²) in [5, 5.41) is 22.0. The Bertz CT molecular complexity index is 1810. The molecule has 53 heavy (non-hydrogen) atoms. The van der Waals surface area contributed by atoms with E-state index in [0.717, 1.165) is 23.7 Å². The number of hydrogen-bond donors (Lipinski definition) is 6. The number of benzene rings is 2. The predicted molar refractivity (Wildman–Crippen MR) is 201 cm³/mol. The normalized spacial score (nSPS) is 14.2. The van der Waals surface area contributed by atoms with Crippen LogP contribution in [0.25, 0.3) is 10.9 Å². The number of carbonyl (C=O) groups excluding carboxylic acids is 3. The summed E-state index contributed by atoms with van der Waals surface area (Å²) in [6, 6.07) is 9.65. The minimum absolute atomic E-state index is 0.00161. The molecule has 2 heterocycles.